The summed E-state index contributed by atoms with van der Waals surface area (Å²) in [5.41, 5.74) is 1.78. The standard InChI is InChI=1S/C20H15FN2O3/c21-14-8-9-16-15(11-14)19(13-5-2-1-3-6-13)23(12-18(24)22-16)20(25)17-7-4-10-26-17/h1-11,19H,12H2,(H,22,24)/t19-/m1/s1. The molecule has 1 N–H and O–H groups in total. The first-order chi connectivity index (χ1) is 12.6. The van der Waals surface area contributed by atoms with Gasteiger partial charge in [0.2, 0.25) is 5.91 Å². The molecule has 3 aromatic rings. The first kappa shape index (κ1) is 16.1. The van der Waals surface area contributed by atoms with Gasteiger partial charge in [0.05, 0.1) is 12.3 Å². The van der Waals surface area contributed by atoms with Crippen molar-refractivity contribution < 1.29 is 18.4 Å². The van der Waals surface area contributed by atoms with Crippen LogP contribution in [-0.2, 0) is 4.79 Å². The van der Waals surface area contributed by atoms with Crippen LogP contribution in [0.3, 0.4) is 0 Å². The average Bonchev–Trinajstić information content (AvgIpc) is 3.13. The molecule has 0 bridgehead atoms. The second kappa shape index (κ2) is 6.48. The molecule has 1 atom stereocenters. The Kier molecular flexibility index (Phi) is 4.01. The van der Waals surface area contributed by atoms with Gasteiger partial charge >= 0.3 is 0 Å². The molecule has 0 saturated heterocycles. The zero-order valence-corrected chi connectivity index (χ0v) is 13.7. The van der Waals surface area contributed by atoms with Crippen LogP contribution in [0.1, 0.15) is 27.7 Å². The summed E-state index contributed by atoms with van der Waals surface area (Å²) in [6.07, 6.45) is 1.40. The maximum Gasteiger partial charge on any atom is 0.290 e. The lowest BCUT2D eigenvalue weighted by atomic mass is 9.95. The van der Waals surface area contributed by atoms with Crippen LogP contribution in [0, 0.1) is 5.82 Å². The van der Waals surface area contributed by atoms with Gasteiger partial charge < -0.3 is 14.6 Å². The Bertz CT molecular complexity index is 954. The van der Waals surface area contributed by atoms with Crippen molar-refractivity contribution in [3.05, 3.63) is 89.6 Å². The molecule has 0 aliphatic carbocycles. The van der Waals surface area contributed by atoms with Gasteiger partial charge in [0.15, 0.2) is 5.76 Å². The first-order valence-electron chi connectivity index (χ1n) is 8.12. The van der Waals surface area contributed by atoms with Gasteiger partial charge in [-0.05, 0) is 35.9 Å². The lowest BCUT2D eigenvalue weighted by Crippen LogP contribution is -2.38. The molecule has 1 aliphatic rings. The number of fused-ring (bicyclic) bond motifs is 1. The molecular weight excluding hydrogens is 335 g/mol. The number of carbonyl (C=O) groups is 2. The fraction of sp³-hybridized carbons (Fsp3) is 0.100. The molecule has 130 valence electrons. The number of amides is 2. The highest BCUT2D eigenvalue weighted by molar-refractivity contribution is 6.00. The molecule has 1 aromatic heterocycles. The summed E-state index contributed by atoms with van der Waals surface area (Å²) < 4.78 is 19.2. The number of halogens is 1. The highest BCUT2D eigenvalue weighted by atomic mass is 19.1. The quantitative estimate of drug-likeness (QED) is 0.768. The Labute approximate surface area is 149 Å². The highest BCUT2D eigenvalue weighted by Gasteiger charge is 2.35. The predicted octanol–water partition coefficient (Wildman–Crippen LogP) is 3.60. The highest BCUT2D eigenvalue weighted by Crippen LogP contribution is 2.36. The molecule has 2 aromatic carbocycles. The molecule has 26 heavy (non-hydrogen) atoms. The molecule has 0 radical (unpaired) electrons. The number of furan rings is 1. The van der Waals surface area contributed by atoms with Crippen LogP contribution in [0.25, 0.3) is 0 Å². The summed E-state index contributed by atoms with van der Waals surface area (Å²) in [4.78, 5) is 26.8. The summed E-state index contributed by atoms with van der Waals surface area (Å²) in [5.74, 6) is -1.10. The monoisotopic (exact) mass is 350 g/mol. The summed E-state index contributed by atoms with van der Waals surface area (Å²) in [6, 6.07) is 15.9. The van der Waals surface area contributed by atoms with Gasteiger partial charge in [-0.25, -0.2) is 4.39 Å². The fourth-order valence-electron chi connectivity index (χ4n) is 3.20. The normalized spacial score (nSPS) is 16.6. The molecule has 5 nitrogen and oxygen atoms in total. The molecular formula is C20H15FN2O3. The molecule has 4 rings (SSSR count). The van der Waals surface area contributed by atoms with Gasteiger partial charge in [-0.2, -0.15) is 0 Å². The minimum absolute atomic E-state index is 0.124. The Morgan fingerprint density at radius 2 is 1.92 bits per heavy atom. The van der Waals surface area contributed by atoms with Crippen LogP contribution >= 0.6 is 0 Å². The Balaban J connectivity index is 1.90. The predicted molar refractivity (Wildman–Crippen MR) is 93.1 cm³/mol. The molecule has 2 heterocycles. The van der Waals surface area contributed by atoms with E-state index < -0.39 is 17.8 Å². The zero-order chi connectivity index (χ0) is 18.1. The van der Waals surface area contributed by atoms with Crippen LogP contribution in [0.5, 0.6) is 0 Å². The number of hydrogen-bond donors (Lipinski definition) is 1. The van der Waals surface area contributed by atoms with Crippen molar-refractivity contribution in [1.82, 2.24) is 4.90 Å². The minimum atomic E-state index is -0.626. The van der Waals surface area contributed by atoms with Crippen molar-refractivity contribution in [1.29, 1.82) is 0 Å². The average molecular weight is 350 g/mol. The van der Waals surface area contributed by atoms with E-state index in [1.807, 2.05) is 30.3 Å². The van der Waals surface area contributed by atoms with Crippen molar-refractivity contribution in [2.45, 2.75) is 6.04 Å². The molecule has 0 unspecified atom stereocenters. The van der Waals surface area contributed by atoms with E-state index in [9.17, 15) is 14.0 Å². The summed E-state index contributed by atoms with van der Waals surface area (Å²) in [6.45, 7) is -0.171. The van der Waals surface area contributed by atoms with E-state index >= 15 is 0 Å². The van der Waals surface area contributed by atoms with Crippen molar-refractivity contribution in [3.63, 3.8) is 0 Å². The number of hydrogen-bond acceptors (Lipinski definition) is 3. The zero-order valence-electron chi connectivity index (χ0n) is 13.7. The van der Waals surface area contributed by atoms with Crippen molar-refractivity contribution in [2.75, 3.05) is 11.9 Å². The van der Waals surface area contributed by atoms with Gasteiger partial charge in [-0.15, -0.1) is 0 Å². The largest absolute Gasteiger partial charge is 0.459 e. The summed E-state index contributed by atoms with van der Waals surface area (Å²) >= 11 is 0. The fourth-order valence-corrected chi connectivity index (χ4v) is 3.20. The van der Waals surface area contributed by atoms with E-state index in [-0.39, 0.29) is 18.2 Å². The number of nitrogens with zero attached hydrogens (tertiary/aromatic N) is 1. The van der Waals surface area contributed by atoms with E-state index in [1.165, 1.54) is 29.4 Å². The van der Waals surface area contributed by atoms with Gasteiger partial charge in [0.1, 0.15) is 12.4 Å². The molecule has 1 aliphatic heterocycles. The lowest BCUT2D eigenvalue weighted by Gasteiger charge is -2.29. The smallest absolute Gasteiger partial charge is 0.290 e. The topological polar surface area (TPSA) is 62.6 Å². The summed E-state index contributed by atoms with van der Waals surface area (Å²) in [7, 11) is 0. The third kappa shape index (κ3) is 2.86. The Morgan fingerprint density at radius 3 is 2.65 bits per heavy atom. The van der Waals surface area contributed by atoms with E-state index in [0.717, 1.165) is 5.56 Å². The lowest BCUT2D eigenvalue weighted by molar-refractivity contribution is -0.117. The second-order valence-electron chi connectivity index (χ2n) is 6.00. The van der Waals surface area contributed by atoms with Crippen molar-refractivity contribution in [3.8, 4) is 0 Å². The van der Waals surface area contributed by atoms with E-state index in [4.69, 9.17) is 4.42 Å². The molecule has 2 amide bonds. The summed E-state index contributed by atoms with van der Waals surface area (Å²) in [5, 5.41) is 2.75. The van der Waals surface area contributed by atoms with E-state index in [0.29, 0.717) is 11.3 Å². The van der Waals surface area contributed by atoms with Crippen molar-refractivity contribution in [2.24, 2.45) is 0 Å². The second-order valence-corrected chi connectivity index (χ2v) is 6.00. The maximum absolute atomic E-state index is 14.0. The Hall–Kier alpha value is -3.41. The SMILES string of the molecule is O=C1CN(C(=O)c2ccco2)[C@H](c2ccccc2)c2cc(F)ccc2N1. The minimum Gasteiger partial charge on any atom is -0.459 e. The molecule has 0 fully saturated rings. The van der Waals surface area contributed by atoms with Gasteiger partial charge in [0, 0.05) is 11.3 Å². The molecule has 0 saturated carbocycles. The molecule has 6 heteroatoms. The first-order valence-corrected chi connectivity index (χ1v) is 8.12. The van der Waals surface area contributed by atoms with Gasteiger partial charge in [-0.1, -0.05) is 30.3 Å². The van der Waals surface area contributed by atoms with Crippen LogP contribution in [0.2, 0.25) is 0 Å². The number of nitrogens with one attached hydrogen (secondary N) is 1. The maximum atomic E-state index is 14.0. The number of anilines is 1. The van der Waals surface area contributed by atoms with Crippen LogP contribution in [-0.4, -0.2) is 23.3 Å². The van der Waals surface area contributed by atoms with Gasteiger partial charge in [0.25, 0.3) is 5.91 Å². The number of benzene rings is 2. The van der Waals surface area contributed by atoms with Crippen LogP contribution < -0.4 is 5.32 Å². The van der Waals surface area contributed by atoms with Crippen LogP contribution in [0.4, 0.5) is 10.1 Å². The number of carbonyl (C=O) groups excluding carboxylic acids is 2. The molecule has 0 spiro atoms. The van der Waals surface area contributed by atoms with Crippen molar-refractivity contribution >= 4 is 17.5 Å². The third-order valence-electron chi connectivity index (χ3n) is 4.32. The number of rotatable bonds is 2. The van der Waals surface area contributed by atoms with E-state index in [2.05, 4.69) is 5.32 Å². The third-order valence-corrected chi connectivity index (χ3v) is 4.32. The van der Waals surface area contributed by atoms with Gasteiger partial charge in [-0.3, -0.25) is 9.59 Å². The van der Waals surface area contributed by atoms with Crippen LogP contribution in [0.15, 0.2) is 71.3 Å². The van der Waals surface area contributed by atoms with E-state index in [1.54, 1.807) is 12.1 Å². The Morgan fingerprint density at radius 1 is 1.12 bits per heavy atom.